The van der Waals surface area contributed by atoms with Crippen molar-refractivity contribution in [2.45, 2.75) is 18.9 Å². The molecule has 3 nitrogen and oxygen atoms in total. The van der Waals surface area contributed by atoms with Crippen molar-refractivity contribution in [3.8, 4) is 11.3 Å². The Morgan fingerprint density at radius 3 is 2.87 bits per heavy atom. The van der Waals surface area contributed by atoms with Gasteiger partial charge in [0.1, 0.15) is 5.15 Å². The summed E-state index contributed by atoms with van der Waals surface area (Å²) in [7, 11) is 0. The molecule has 1 saturated carbocycles. The van der Waals surface area contributed by atoms with Crippen LogP contribution in [0.5, 0.6) is 0 Å². The van der Waals surface area contributed by atoms with E-state index in [0.717, 1.165) is 11.3 Å². The van der Waals surface area contributed by atoms with E-state index < -0.39 is 0 Å². The van der Waals surface area contributed by atoms with Gasteiger partial charge < -0.3 is 0 Å². The summed E-state index contributed by atoms with van der Waals surface area (Å²) in [5.41, 5.74) is 2.21. The lowest BCUT2D eigenvalue weighted by molar-refractivity contribution is 0.649. The van der Waals surface area contributed by atoms with Gasteiger partial charge in [-0.3, -0.25) is 4.68 Å². The van der Waals surface area contributed by atoms with Crippen molar-refractivity contribution in [2.24, 2.45) is 0 Å². The summed E-state index contributed by atoms with van der Waals surface area (Å²) < 4.78 is 2.08. The highest BCUT2D eigenvalue weighted by atomic mass is 35.5. The van der Waals surface area contributed by atoms with Crippen molar-refractivity contribution in [3.05, 3.63) is 35.7 Å². The highest BCUT2D eigenvalue weighted by molar-refractivity contribution is 6.29. The van der Waals surface area contributed by atoms with E-state index in [9.17, 15) is 0 Å². The molecule has 1 aliphatic rings. The molecule has 0 N–H and O–H groups in total. The third-order valence-corrected chi connectivity index (χ3v) is 2.79. The Kier molecular flexibility index (Phi) is 1.99. The molecule has 2 aromatic heterocycles. The van der Waals surface area contributed by atoms with E-state index in [-0.39, 0.29) is 0 Å². The highest BCUT2D eigenvalue weighted by Gasteiger charge is 2.26. The van der Waals surface area contributed by atoms with Gasteiger partial charge in [-0.25, -0.2) is 4.98 Å². The predicted octanol–water partition coefficient (Wildman–Crippen LogP) is 2.93. The second-order valence-corrected chi connectivity index (χ2v) is 4.15. The minimum atomic E-state index is 0.524. The van der Waals surface area contributed by atoms with Crippen LogP contribution in [0.4, 0.5) is 0 Å². The quantitative estimate of drug-likeness (QED) is 0.728. The molecule has 2 heterocycles. The molecule has 0 unspecified atom stereocenters. The minimum Gasteiger partial charge on any atom is -0.262 e. The van der Waals surface area contributed by atoms with Crippen LogP contribution in [0.15, 0.2) is 30.6 Å². The summed E-state index contributed by atoms with van der Waals surface area (Å²) in [5, 5.41) is 4.86. The van der Waals surface area contributed by atoms with Crippen LogP contribution in [0.25, 0.3) is 11.3 Å². The molecular formula is C11H10ClN3. The third kappa shape index (κ3) is 1.63. The maximum atomic E-state index is 5.87. The number of aromatic nitrogens is 3. The average molecular weight is 220 g/mol. The standard InChI is InChI=1S/C11H10ClN3/c12-11-7-8(3-5-13-11)10-4-6-14-15(10)9-1-2-9/h3-7,9H,1-2H2. The van der Waals surface area contributed by atoms with E-state index >= 15 is 0 Å². The Morgan fingerprint density at radius 1 is 1.27 bits per heavy atom. The molecule has 2 aromatic rings. The van der Waals surface area contributed by atoms with Gasteiger partial charge in [0, 0.05) is 18.0 Å². The number of hydrogen-bond donors (Lipinski definition) is 0. The van der Waals surface area contributed by atoms with E-state index in [0.29, 0.717) is 11.2 Å². The fourth-order valence-corrected chi connectivity index (χ4v) is 1.89. The first-order valence-electron chi connectivity index (χ1n) is 5.00. The maximum absolute atomic E-state index is 5.87. The monoisotopic (exact) mass is 219 g/mol. The maximum Gasteiger partial charge on any atom is 0.129 e. The van der Waals surface area contributed by atoms with Gasteiger partial charge in [0.25, 0.3) is 0 Å². The van der Waals surface area contributed by atoms with E-state index in [1.807, 2.05) is 24.4 Å². The second-order valence-electron chi connectivity index (χ2n) is 3.76. The molecule has 0 radical (unpaired) electrons. The number of rotatable bonds is 2. The summed E-state index contributed by atoms with van der Waals surface area (Å²) in [6.07, 6.45) is 6.02. The number of nitrogens with zero attached hydrogens (tertiary/aromatic N) is 3. The lowest BCUT2D eigenvalue weighted by atomic mass is 10.2. The lowest BCUT2D eigenvalue weighted by Gasteiger charge is -2.05. The van der Waals surface area contributed by atoms with Crippen molar-refractivity contribution in [1.29, 1.82) is 0 Å². The Balaban J connectivity index is 2.07. The Morgan fingerprint density at radius 2 is 2.13 bits per heavy atom. The third-order valence-electron chi connectivity index (χ3n) is 2.59. The summed E-state index contributed by atoms with van der Waals surface area (Å²) in [4.78, 5) is 3.98. The fraction of sp³-hybridized carbons (Fsp3) is 0.273. The molecule has 1 fully saturated rings. The van der Waals surface area contributed by atoms with Crippen molar-refractivity contribution < 1.29 is 0 Å². The van der Waals surface area contributed by atoms with Gasteiger partial charge in [-0.15, -0.1) is 0 Å². The molecule has 1 aliphatic carbocycles. The molecule has 0 spiro atoms. The van der Waals surface area contributed by atoms with Crippen molar-refractivity contribution in [2.75, 3.05) is 0 Å². The Bertz CT molecular complexity index is 488. The highest BCUT2D eigenvalue weighted by Crippen LogP contribution is 2.37. The topological polar surface area (TPSA) is 30.7 Å². The molecule has 0 atom stereocenters. The van der Waals surface area contributed by atoms with E-state index in [1.165, 1.54) is 12.8 Å². The molecular weight excluding hydrogens is 210 g/mol. The van der Waals surface area contributed by atoms with Crippen LogP contribution in [-0.2, 0) is 0 Å². The molecule has 0 aromatic carbocycles. The van der Waals surface area contributed by atoms with Crippen LogP contribution in [0, 0.1) is 0 Å². The molecule has 0 bridgehead atoms. The first kappa shape index (κ1) is 8.92. The van der Waals surface area contributed by atoms with Gasteiger partial charge in [0.05, 0.1) is 11.7 Å². The zero-order chi connectivity index (χ0) is 10.3. The van der Waals surface area contributed by atoms with Crippen molar-refractivity contribution in [3.63, 3.8) is 0 Å². The second kappa shape index (κ2) is 3.35. The van der Waals surface area contributed by atoms with Gasteiger partial charge in [-0.1, -0.05) is 11.6 Å². The van der Waals surface area contributed by atoms with Gasteiger partial charge in [0.15, 0.2) is 0 Å². The predicted molar refractivity (Wildman–Crippen MR) is 58.7 cm³/mol. The van der Waals surface area contributed by atoms with Crippen LogP contribution in [-0.4, -0.2) is 14.8 Å². The first-order valence-corrected chi connectivity index (χ1v) is 5.38. The lowest BCUT2D eigenvalue weighted by Crippen LogP contribution is -1.98. The average Bonchev–Trinajstić information content (AvgIpc) is 2.96. The molecule has 4 heteroatoms. The molecule has 0 amide bonds. The zero-order valence-electron chi connectivity index (χ0n) is 8.10. The van der Waals surface area contributed by atoms with Gasteiger partial charge in [-0.05, 0) is 31.0 Å². The zero-order valence-corrected chi connectivity index (χ0v) is 8.85. The van der Waals surface area contributed by atoms with E-state index in [2.05, 4.69) is 14.8 Å². The summed E-state index contributed by atoms with van der Waals surface area (Å²) in [6.45, 7) is 0. The van der Waals surface area contributed by atoms with E-state index in [1.54, 1.807) is 6.20 Å². The molecule has 15 heavy (non-hydrogen) atoms. The van der Waals surface area contributed by atoms with E-state index in [4.69, 9.17) is 11.6 Å². The largest absolute Gasteiger partial charge is 0.262 e. The summed E-state index contributed by atoms with van der Waals surface area (Å²) in [6, 6.07) is 6.44. The Hall–Kier alpha value is -1.35. The Labute approximate surface area is 92.7 Å². The molecule has 76 valence electrons. The van der Waals surface area contributed by atoms with Crippen LogP contribution in [0.2, 0.25) is 5.15 Å². The van der Waals surface area contributed by atoms with Gasteiger partial charge >= 0.3 is 0 Å². The van der Waals surface area contributed by atoms with Crippen molar-refractivity contribution in [1.82, 2.24) is 14.8 Å². The molecule has 3 rings (SSSR count). The van der Waals surface area contributed by atoms with Crippen LogP contribution >= 0.6 is 11.6 Å². The number of halogens is 1. The first-order chi connectivity index (χ1) is 7.34. The van der Waals surface area contributed by atoms with Crippen LogP contribution in [0.1, 0.15) is 18.9 Å². The minimum absolute atomic E-state index is 0.524. The van der Waals surface area contributed by atoms with Crippen LogP contribution < -0.4 is 0 Å². The summed E-state index contributed by atoms with van der Waals surface area (Å²) >= 11 is 5.87. The van der Waals surface area contributed by atoms with Crippen molar-refractivity contribution >= 4 is 11.6 Å². The molecule has 0 aliphatic heterocycles. The molecule has 0 saturated heterocycles. The van der Waals surface area contributed by atoms with Gasteiger partial charge in [-0.2, -0.15) is 5.10 Å². The van der Waals surface area contributed by atoms with Gasteiger partial charge in [0.2, 0.25) is 0 Å². The summed E-state index contributed by atoms with van der Waals surface area (Å²) in [5.74, 6) is 0. The fourth-order valence-electron chi connectivity index (χ4n) is 1.71. The SMILES string of the molecule is Clc1cc(-c2ccnn2C2CC2)ccn1. The smallest absolute Gasteiger partial charge is 0.129 e. The number of hydrogen-bond acceptors (Lipinski definition) is 2. The normalized spacial score (nSPS) is 15.5. The number of pyridine rings is 1. The van der Waals surface area contributed by atoms with Crippen LogP contribution in [0.3, 0.4) is 0 Å².